The average Bonchev–Trinajstić information content (AvgIpc) is 3.41. The Hall–Kier alpha value is -9.20. The van der Waals surface area contributed by atoms with E-state index in [1.54, 1.807) is 6.08 Å². The van der Waals surface area contributed by atoms with Crippen molar-refractivity contribution < 1.29 is 4.79 Å². The Morgan fingerprint density at radius 2 is 0.836 bits per heavy atom. The molecular formula is C60H44N4O3. The number of benzene rings is 10. The minimum absolute atomic E-state index is 0.0275. The van der Waals surface area contributed by atoms with Crippen LogP contribution in [0.15, 0.2) is 243 Å². The Balaban J connectivity index is 0.000000153. The summed E-state index contributed by atoms with van der Waals surface area (Å²) < 4.78 is 0. The third kappa shape index (κ3) is 10.4. The lowest BCUT2D eigenvalue weighted by Gasteiger charge is -2.12. The number of aromatic nitrogens is 2. The molecule has 0 spiro atoms. The molecule has 0 unspecified atom stereocenters. The number of nitrogens with zero attached hydrogens (tertiary/aromatic N) is 2. The zero-order valence-corrected chi connectivity index (χ0v) is 36.4. The minimum atomic E-state index is 0.0275. The van der Waals surface area contributed by atoms with Gasteiger partial charge in [0.05, 0.1) is 11.4 Å². The average molecular weight is 869 g/mol. The summed E-state index contributed by atoms with van der Waals surface area (Å²) in [6.45, 7) is 0. The molecule has 0 amide bonds. The third-order valence-corrected chi connectivity index (χ3v) is 11.3. The van der Waals surface area contributed by atoms with Gasteiger partial charge in [-0.1, -0.05) is 237 Å². The van der Waals surface area contributed by atoms with E-state index in [2.05, 4.69) is 121 Å². The van der Waals surface area contributed by atoms with Gasteiger partial charge in [0.1, 0.15) is 5.84 Å². The molecule has 11 aromatic rings. The Labute approximate surface area is 388 Å². The zero-order valence-electron chi connectivity index (χ0n) is 36.4. The number of carbonyl (C=O) groups excluding carboxylic acids is 1. The quantitative estimate of drug-likeness (QED) is 0.0711. The van der Waals surface area contributed by atoms with Gasteiger partial charge in [-0.05, 0) is 60.8 Å². The summed E-state index contributed by atoms with van der Waals surface area (Å²) in [7, 11) is 0. The highest BCUT2D eigenvalue weighted by molar-refractivity contribution is 6.15. The first kappa shape index (κ1) is 44.4. The molecule has 7 heteroatoms. The summed E-state index contributed by atoms with van der Waals surface area (Å²) in [6, 6.07) is 79.4. The first-order valence-electron chi connectivity index (χ1n) is 21.6. The van der Waals surface area contributed by atoms with E-state index >= 15 is 0 Å². The predicted molar refractivity (Wildman–Crippen MR) is 279 cm³/mol. The van der Waals surface area contributed by atoms with Crippen LogP contribution < -0.4 is 5.73 Å². The molecule has 0 radical (unpaired) electrons. The summed E-state index contributed by atoms with van der Waals surface area (Å²) in [5, 5.41) is 16.2. The molecule has 0 aliphatic rings. The molecule has 11 rings (SSSR count). The van der Waals surface area contributed by atoms with Crippen molar-refractivity contribution in [2.45, 2.75) is 0 Å². The number of amidine groups is 1. The van der Waals surface area contributed by atoms with Gasteiger partial charge in [-0.3, -0.25) is 10.2 Å². The number of carbonyl (C=O) groups is 1. The van der Waals surface area contributed by atoms with Crippen molar-refractivity contribution in [1.29, 1.82) is 5.41 Å². The Bertz CT molecular complexity index is 3400. The van der Waals surface area contributed by atoms with Crippen LogP contribution in [-0.2, 0) is 0 Å². The predicted octanol–water partition coefficient (Wildman–Crippen LogP) is 14.7. The largest absolute Gasteiger partial charge is 0.384 e. The summed E-state index contributed by atoms with van der Waals surface area (Å²) in [5.41, 5.74) is 12.9. The number of nitrogen functional groups attached to an aromatic ring is 1. The van der Waals surface area contributed by atoms with Crippen LogP contribution in [0.5, 0.6) is 0 Å². The van der Waals surface area contributed by atoms with Crippen molar-refractivity contribution >= 4 is 60.8 Å². The van der Waals surface area contributed by atoms with Crippen molar-refractivity contribution in [2.24, 2.45) is 5.73 Å². The highest BCUT2D eigenvalue weighted by atomic mass is 16.7. The van der Waals surface area contributed by atoms with Crippen LogP contribution >= 0.6 is 0 Å². The van der Waals surface area contributed by atoms with Gasteiger partial charge in [-0.15, -0.1) is 0 Å². The molecule has 0 aliphatic carbocycles. The van der Waals surface area contributed by atoms with E-state index in [4.69, 9.17) is 31.0 Å². The van der Waals surface area contributed by atoms with E-state index in [0.29, 0.717) is 0 Å². The number of nitrogens with two attached hydrogens (primary N) is 1. The lowest BCUT2D eigenvalue weighted by atomic mass is 9.98. The number of hydrogen-bond donors (Lipinski definition) is 2. The van der Waals surface area contributed by atoms with Gasteiger partial charge in [0, 0.05) is 37.7 Å². The van der Waals surface area contributed by atoms with Crippen LogP contribution in [0.2, 0.25) is 0 Å². The van der Waals surface area contributed by atoms with Gasteiger partial charge in [0.15, 0.2) is 11.6 Å². The van der Waals surface area contributed by atoms with Crippen LogP contribution in [0.1, 0.15) is 21.5 Å². The number of nitrogens with one attached hydrogen (secondary N) is 1. The normalized spacial score (nSPS) is 10.6. The molecule has 0 fully saturated rings. The van der Waals surface area contributed by atoms with Crippen molar-refractivity contribution in [1.82, 2.24) is 9.97 Å². The second kappa shape index (κ2) is 21.5. The molecule has 0 bridgehead atoms. The van der Waals surface area contributed by atoms with Crippen LogP contribution in [0.25, 0.3) is 83.1 Å². The van der Waals surface area contributed by atoms with Crippen molar-refractivity contribution in [2.75, 3.05) is 0 Å². The maximum atomic E-state index is 12.7. The van der Waals surface area contributed by atoms with Crippen LogP contribution in [0.3, 0.4) is 0 Å². The molecule has 7 nitrogen and oxygen atoms in total. The van der Waals surface area contributed by atoms with E-state index in [1.165, 1.54) is 26.9 Å². The fraction of sp³-hybridized carbons (Fsp3) is 0. The van der Waals surface area contributed by atoms with Crippen LogP contribution in [0, 0.1) is 15.3 Å². The number of allylic oxidation sites excluding steroid dienone is 1. The van der Waals surface area contributed by atoms with Crippen LogP contribution in [0.4, 0.5) is 0 Å². The lowest BCUT2D eigenvalue weighted by Crippen LogP contribution is -2.10. The topological polar surface area (TPSA) is 127 Å². The minimum Gasteiger partial charge on any atom is -0.384 e. The van der Waals surface area contributed by atoms with E-state index in [1.807, 2.05) is 121 Å². The van der Waals surface area contributed by atoms with Gasteiger partial charge in [-0.25, -0.2) is 9.97 Å². The first-order chi connectivity index (χ1) is 33.0. The zero-order chi connectivity index (χ0) is 46.4. The fourth-order valence-electron chi connectivity index (χ4n) is 8.05. The monoisotopic (exact) mass is 868 g/mol. The Morgan fingerprint density at radius 1 is 0.433 bits per heavy atom. The molecule has 0 aliphatic heterocycles. The number of hydrogen-bond acceptors (Lipinski definition) is 6. The van der Waals surface area contributed by atoms with Gasteiger partial charge >= 0.3 is 0 Å². The molecule has 1 heterocycles. The van der Waals surface area contributed by atoms with Crippen molar-refractivity contribution in [3.05, 3.63) is 269 Å². The maximum Gasteiger partial charge on any atom is 0.186 e. The van der Waals surface area contributed by atoms with Gasteiger partial charge < -0.3 is 5.73 Å². The number of fused-ring (bicyclic) bond motifs is 4. The maximum absolute atomic E-state index is 12.7. The van der Waals surface area contributed by atoms with Gasteiger partial charge in [-0.2, -0.15) is 0 Å². The third-order valence-electron chi connectivity index (χ3n) is 11.3. The highest BCUT2D eigenvalue weighted by Gasteiger charge is 2.14. The molecule has 67 heavy (non-hydrogen) atoms. The summed E-state index contributed by atoms with van der Waals surface area (Å²) >= 11 is 0. The smallest absolute Gasteiger partial charge is 0.186 e. The number of ketones is 1. The second-order valence-corrected chi connectivity index (χ2v) is 15.5. The molecule has 1 aromatic heterocycles. The molecule has 10 aromatic carbocycles. The first-order valence-corrected chi connectivity index (χ1v) is 21.6. The molecule has 0 saturated carbocycles. The Morgan fingerprint density at radius 3 is 1.36 bits per heavy atom. The Kier molecular flexibility index (Phi) is 14.2. The molecule has 3 N–H and O–H groups in total. The fourth-order valence-corrected chi connectivity index (χ4v) is 8.05. The molecular weight excluding hydrogens is 825 g/mol. The van der Waals surface area contributed by atoms with E-state index in [-0.39, 0.29) is 11.6 Å². The van der Waals surface area contributed by atoms with Crippen LogP contribution in [-0.4, -0.2) is 21.6 Å². The standard InChI is InChI=1S/C30H20N2.C23H16O.C7H8N2.O2/c1-2-12-23(13-3-1)30-31-28(26-18-8-14-21-10-4-6-16-24(21)26)20-29(32-30)27-19-9-15-22-11-5-7-17-25(22)27;24-23(22-14-6-11-18-8-2-4-13-21(18)22)16-15-19-10-5-9-17-7-1-3-12-20(17)19;8-7(9)6-4-2-1-3-5-6;1-2/h1-20H;1-16H;1-5H,(H3,8,9);/b;16-15+;;. The van der Waals surface area contributed by atoms with E-state index < -0.39 is 0 Å². The summed E-state index contributed by atoms with van der Waals surface area (Å²) in [4.78, 5) is 36.7. The molecule has 0 saturated heterocycles. The van der Waals surface area contributed by atoms with E-state index in [0.717, 1.165) is 66.8 Å². The summed E-state index contributed by atoms with van der Waals surface area (Å²) in [5.74, 6) is 0.884. The molecule has 322 valence electrons. The van der Waals surface area contributed by atoms with Crippen molar-refractivity contribution in [3.63, 3.8) is 0 Å². The lowest BCUT2D eigenvalue weighted by molar-refractivity contribution is 0.104. The SMILES string of the molecule is N=C(N)c1ccccc1.O=C(/C=C/c1cccc2ccccc12)c1cccc2ccccc12.O=O.c1ccc(-c2nc(-c3cccc4ccccc34)cc(-c3cccc4ccccc34)n2)cc1. The number of rotatable bonds is 7. The van der Waals surface area contributed by atoms with E-state index in [9.17, 15) is 4.79 Å². The molecule has 0 atom stereocenters. The summed E-state index contributed by atoms with van der Waals surface area (Å²) in [6.07, 6.45) is 3.58. The van der Waals surface area contributed by atoms with Gasteiger partial charge in [0.25, 0.3) is 0 Å². The highest BCUT2D eigenvalue weighted by Crippen LogP contribution is 2.34. The second-order valence-electron chi connectivity index (χ2n) is 15.5. The van der Waals surface area contributed by atoms with Crippen molar-refractivity contribution in [3.8, 4) is 33.9 Å². The van der Waals surface area contributed by atoms with Gasteiger partial charge in [0.2, 0.25) is 0 Å².